The maximum absolute atomic E-state index is 3.65. The predicted octanol–water partition coefficient (Wildman–Crippen LogP) is 2.81. The van der Waals surface area contributed by atoms with Gasteiger partial charge in [-0.05, 0) is 30.7 Å². The second-order valence-corrected chi connectivity index (χ2v) is 4.43. The van der Waals surface area contributed by atoms with Crippen LogP contribution in [0.5, 0.6) is 0 Å². The average molecular weight is 169 g/mol. The van der Waals surface area contributed by atoms with E-state index in [0.717, 1.165) is 12.0 Å². The molecule has 3 atom stereocenters. The minimum atomic E-state index is 0.605. The van der Waals surface area contributed by atoms with Crippen molar-refractivity contribution in [3.63, 3.8) is 0 Å². The fraction of sp³-hybridized carbons (Fsp3) is 1.00. The largest absolute Gasteiger partial charge is 0.313 e. The molecule has 72 valence electrons. The van der Waals surface area contributed by atoms with Crippen LogP contribution in [-0.4, -0.2) is 12.6 Å². The Morgan fingerprint density at radius 3 is 2.42 bits per heavy atom. The Balaban J connectivity index is 2.19. The molecule has 0 bridgehead atoms. The lowest BCUT2D eigenvalue weighted by Crippen LogP contribution is -2.22. The highest BCUT2D eigenvalue weighted by Gasteiger charge is 2.56. The van der Waals surface area contributed by atoms with Gasteiger partial charge in [-0.2, -0.15) is 0 Å². The normalized spacial score (nSPS) is 40.0. The Labute approximate surface area is 76.9 Å². The van der Waals surface area contributed by atoms with Gasteiger partial charge in [-0.15, -0.1) is 0 Å². The average Bonchev–Trinajstić information content (AvgIpc) is 2.59. The van der Waals surface area contributed by atoms with E-state index in [-0.39, 0.29) is 0 Å². The first-order chi connectivity index (χ1) is 5.66. The van der Waals surface area contributed by atoms with E-state index in [1.165, 1.54) is 25.8 Å². The third-order valence-electron chi connectivity index (χ3n) is 3.80. The minimum Gasteiger partial charge on any atom is -0.313 e. The quantitative estimate of drug-likeness (QED) is 0.624. The molecule has 0 aromatic heterocycles. The summed E-state index contributed by atoms with van der Waals surface area (Å²) in [4.78, 5) is 0. The molecule has 0 aromatic carbocycles. The number of unbranched alkanes of at least 4 members (excludes halogenated alkanes) is 1. The van der Waals surface area contributed by atoms with Gasteiger partial charge >= 0.3 is 0 Å². The summed E-state index contributed by atoms with van der Waals surface area (Å²) in [5.74, 6) is 0.888. The molecule has 1 fully saturated rings. The first-order valence-electron chi connectivity index (χ1n) is 5.40. The van der Waals surface area contributed by atoms with E-state index in [0.29, 0.717) is 5.41 Å². The molecule has 1 aliphatic rings. The van der Waals surface area contributed by atoms with E-state index in [1.807, 2.05) is 0 Å². The molecule has 1 rings (SSSR count). The summed E-state index contributed by atoms with van der Waals surface area (Å²) in [5, 5.41) is 3.65. The Bertz CT molecular complexity index is 144. The SMILES string of the molecule is CCCCNC1C(C)C1(C)CC. The molecule has 1 aliphatic carbocycles. The summed E-state index contributed by atoms with van der Waals surface area (Å²) in [6, 6.07) is 0.800. The molecular weight excluding hydrogens is 146 g/mol. The van der Waals surface area contributed by atoms with Crippen molar-refractivity contribution in [2.45, 2.75) is 53.0 Å². The van der Waals surface area contributed by atoms with Crippen LogP contribution < -0.4 is 5.32 Å². The highest BCUT2D eigenvalue weighted by Crippen LogP contribution is 2.54. The van der Waals surface area contributed by atoms with Gasteiger partial charge in [0.05, 0.1) is 0 Å². The number of rotatable bonds is 5. The topological polar surface area (TPSA) is 12.0 Å². The lowest BCUT2D eigenvalue weighted by atomic mass is 10.0. The van der Waals surface area contributed by atoms with E-state index < -0.39 is 0 Å². The molecule has 0 saturated heterocycles. The second-order valence-electron chi connectivity index (χ2n) is 4.43. The van der Waals surface area contributed by atoms with Crippen LogP contribution in [0.25, 0.3) is 0 Å². The molecule has 1 nitrogen and oxygen atoms in total. The molecule has 0 heterocycles. The Morgan fingerprint density at radius 2 is 2.00 bits per heavy atom. The van der Waals surface area contributed by atoms with Crippen molar-refractivity contribution in [2.75, 3.05) is 6.54 Å². The number of nitrogens with one attached hydrogen (secondary N) is 1. The second kappa shape index (κ2) is 3.78. The van der Waals surface area contributed by atoms with E-state index in [4.69, 9.17) is 0 Å². The molecule has 1 N–H and O–H groups in total. The van der Waals surface area contributed by atoms with Crippen LogP contribution in [0.15, 0.2) is 0 Å². The van der Waals surface area contributed by atoms with Gasteiger partial charge in [-0.3, -0.25) is 0 Å². The lowest BCUT2D eigenvalue weighted by molar-refractivity contribution is 0.464. The van der Waals surface area contributed by atoms with Crippen LogP contribution in [0.1, 0.15) is 47.0 Å². The molecule has 0 aromatic rings. The Kier molecular flexibility index (Phi) is 3.16. The Hall–Kier alpha value is -0.0400. The lowest BCUT2D eigenvalue weighted by Gasteiger charge is -2.08. The third kappa shape index (κ3) is 1.66. The summed E-state index contributed by atoms with van der Waals surface area (Å²) in [5.41, 5.74) is 0.605. The summed E-state index contributed by atoms with van der Waals surface area (Å²) < 4.78 is 0. The first-order valence-corrected chi connectivity index (χ1v) is 5.40. The molecule has 1 saturated carbocycles. The van der Waals surface area contributed by atoms with Gasteiger partial charge in [0.25, 0.3) is 0 Å². The van der Waals surface area contributed by atoms with Crippen molar-refractivity contribution < 1.29 is 0 Å². The van der Waals surface area contributed by atoms with Crippen LogP contribution in [0.2, 0.25) is 0 Å². The van der Waals surface area contributed by atoms with Crippen molar-refractivity contribution >= 4 is 0 Å². The summed E-state index contributed by atoms with van der Waals surface area (Å²) >= 11 is 0. The monoisotopic (exact) mass is 169 g/mol. The smallest absolute Gasteiger partial charge is 0.0155 e. The molecule has 0 spiro atoms. The number of hydrogen-bond acceptors (Lipinski definition) is 1. The van der Waals surface area contributed by atoms with Crippen molar-refractivity contribution in [2.24, 2.45) is 11.3 Å². The van der Waals surface area contributed by atoms with Gasteiger partial charge in [-0.1, -0.05) is 34.1 Å². The van der Waals surface area contributed by atoms with Gasteiger partial charge < -0.3 is 5.32 Å². The van der Waals surface area contributed by atoms with Crippen LogP contribution in [-0.2, 0) is 0 Å². The van der Waals surface area contributed by atoms with Crippen molar-refractivity contribution in [1.29, 1.82) is 0 Å². The Morgan fingerprint density at radius 1 is 1.33 bits per heavy atom. The van der Waals surface area contributed by atoms with E-state index >= 15 is 0 Å². The summed E-state index contributed by atoms with van der Waals surface area (Å²) in [7, 11) is 0. The molecule has 1 heteroatoms. The van der Waals surface area contributed by atoms with Gasteiger partial charge in [0.1, 0.15) is 0 Å². The highest BCUT2D eigenvalue weighted by atomic mass is 15.0. The van der Waals surface area contributed by atoms with Crippen molar-refractivity contribution in [3.8, 4) is 0 Å². The van der Waals surface area contributed by atoms with Crippen molar-refractivity contribution in [3.05, 3.63) is 0 Å². The van der Waals surface area contributed by atoms with Crippen LogP contribution in [0, 0.1) is 11.3 Å². The fourth-order valence-corrected chi connectivity index (χ4v) is 2.18. The van der Waals surface area contributed by atoms with Crippen LogP contribution >= 0.6 is 0 Å². The van der Waals surface area contributed by atoms with Gasteiger partial charge in [-0.25, -0.2) is 0 Å². The van der Waals surface area contributed by atoms with Crippen LogP contribution in [0.4, 0.5) is 0 Å². The summed E-state index contributed by atoms with van der Waals surface area (Å²) in [6.07, 6.45) is 3.94. The third-order valence-corrected chi connectivity index (χ3v) is 3.80. The van der Waals surface area contributed by atoms with Crippen molar-refractivity contribution in [1.82, 2.24) is 5.32 Å². The number of hydrogen-bond donors (Lipinski definition) is 1. The van der Waals surface area contributed by atoms with Gasteiger partial charge in [0, 0.05) is 6.04 Å². The zero-order valence-electron chi connectivity index (χ0n) is 8.98. The minimum absolute atomic E-state index is 0.605. The highest BCUT2D eigenvalue weighted by molar-refractivity contribution is 5.10. The van der Waals surface area contributed by atoms with Gasteiger partial charge in [0.2, 0.25) is 0 Å². The van der Waals surface area contributed by atoms with E-state index in [2.05, 4.69) is 33.0 Å². The van der Waals surface area contributed by atoms with Crippen LogP contribution in [0.3, 0.4) is 0 Å². The first kappa shape index (κ1) is 10.0. The van der Waals surface area contributed by atoms with E-state index in [1.54, 1.807) is 0 Å². The maximum atomic E-state index is 3.65. The zero-order valence-corrected chi connectivity index (χ0v) is 8.98. The molecule has 0 amide bonds. The molecule has 3 unspecified atom stereocenters. The maximum Gasteiger partial charge on any atom is 0.0155 e. The summed E-state index contributed by atoms with van der Waals surface area (Å²) in [6.45, 7) is 10.5. The van der Waals surface area contributed by atoms with E-state index in [9.17, 15) is 0 Å². The van der Waals surface area contributed by atoms with Gasteiger partial charge in [0.15, 0.2) is 0 Å². The fourth-order valence-electron chi connectivity index (χ4n) is 2.18. The molecule has 0 radical (unpaired) electrons. The molecule has 12 heavy (non-hydrogen) atoms. The molecule has 0 aliphatic heterocycles. The molecular formula is C11H23N. The predicted molar refractivity (Wildman–Crippen MR) is 54.3 cm³/mol. The zero-order chi connectivity index (χ0) is 9.19. The standard InChI is InChI=1S/C11H23N/c1-5-7-8-12-10-9(3)11(10,4)6-2/h9-10,12H,5-8H2,1-4H3.